The first kappa shape index (κ1) is 15.5. The summed E-state index contributed by atoms with van der Waals surface area (Å²) >= 11 is 0. The molecular formula is C16H20N2O5. The van der Waals surface area contributed by atoms with Crippen LogP contribution >= 0.6 is 0 Å². The Morgan fingerprint density at radius 2 is 2.30 bits per heavy atom. The fourth-order valence-corrected chi connectivity index (χ4v) is 2.81. The van der Waals surface area contributed by atoms with Crippen molar-refractivity contribution >= 4 is 12.0 Å². The molecule has 0 aromatic heterocycles. The molecule has 2 aliphatic rings. The number of rotatable bonds is 5. The Balaban J connectivity index is 1.50. The van der Waals surface area contributed by atoms with Gasteiger partial charge in [0.1, 0.15) is 13.2 Å². The molecule has 0 spiro atoms. The number of fused-ring (bicyclic) bond motifs is 1. The summed E-state index contributed by atoms with van der Waals surface area (Å²) in [7, 11) is 1.62. The number of benzene rings is 1. The second kappa shape index (κ2) is 6.76. The zero-order valence-electron chi connectivity index (χ0n) is 13.0. The zero-order valence-corrected chi connectivity index (χ0v) is 13.0. The highest BCUT2D eigenvalue weighted by Gasteiger charge is 2.26. The molecule has 0 unspecified atom stereocenters. The average Bonchev–Trinajstić information content (AvgIpc) is 2.97. The second-order valence-corrected chi connectivity index (χ2v) is 5.67. The van der Waals surface area contributed by atoms with Gasteiger partial charge in [-0.05, 0) is 18.1 Å². The highest BCUT2D eigenvalue weighted by Crippen LogP contribution is 2.35. The molecule has 1 fully saturated rings. The molecule has 2 heterocycles. The van der Waals surface area contributed by atoms with Crippen LogP contribution in [0.2, 0.25) is 0 Å². The molecule has 7 nitrogen and oxygen atoms in total. The van der Waals surface area contributed by atoms with Gasteiger partial charge in [0.15, 0.2) is 11.5 Å². The van der Waals surface area contributed by atoms with E-state index in [9.17, 15) is 9.59 Å². The summed E-state index contributed by atoms with van der Waals surface area (Å²) in [5, 5.41) is 2.86. The highest BCUT2D eigenvalue weighted by atomic mass is 16.6. The van der Waals surface area contributed by atoms with Gasteiger partial charge in [-0.25, -0.2) is 4.79 Å². The van der Waals surface area contributed by atoms with E-state index in [-0.39, 0.29) is 18.4 Å². The third-order valence-corrected chi connectivity index (χ3v) is 4.02. The first-order valence-electron chi connectivity index (χ1n) is 7.64. The summed E-state index contributed by atoms with van der Waals surface area (Å²) in [4.78, 5) is 24.6. The Morgan fingerprint density at radius 3 is 3.04 bits per heavy atom. The van der Waals surface area contributed by atoms with Gasteiger partial charge in [-0.3, -0.25) is 9.69 Å². The fraction of sp³-hybridized carbons (Fsp3) is 0.500. The third kappa shape index (κ3) is 3.49. The number of carbonyl (C=O) groups excluding carboxylic acids is 2. The maximum Gasteiger partial charge on any atom is 0.410 e. The van der Waals surface area contributed by atoms with Crippen molar-refractivity contribution in [2.24, 2.45) is 5.92 Å². The molecule has 2 aliphatic heterocycles. The van der Waals surface area contributed by atoms with Crippen LogP contribution in [0.15, 0.2) is 18.2 Å². The minimum atomic E-state index is -0.429. The van der Waals surface area contributed by atoms with Crippen molar-refractivity contribution in [3.05, 3.63) is 23.8 Å². The maximum absolute atomic E-state index is 11.9. The molecule has 3 rings (SSSR count). The Labute approximate surface area is 134 Å². The normalized spacial score (nSPS) is 19.6. The summed E-state index contributed by atoms with van der Waals surface area (Å²) in [5.74, 6) is 1.54. The SMILES string of the molecule is COc1cccc2c1OC[C@@H](CNC(=O)CN1CCOC1=O)C2. The summed E-state index contributed by atoms with van der Waals surface area (Å²) < 4.78 is 15.9. The van der Waals surface area contributed by atoms with Crippen molar-refractivity contribution in [1.82, 2.24) is 10.2 Å². The van der Waals surface area contributed by atoms with Crippen LogP contribution in [-0.2, 0) is 16.0 Å². The highest BCUT2D eigenvalue weighted by molar-refractivity contribution is 5.82. The van der Waals surface area contributed by atoms with Crippen molar-refractivity contribution in [1.29, 1.82) is 0 Å². The van der Waals surface area contributed by atoms with Crippen LogP contribution in [0.4, 0.5) is 4.79 Å². The van der Waals surface area contributed by atoms with E-state index in [1.165, 1.54) is 4.90 Å². The molecule has 0 radical (unpaired) electrons. The lowest BCUT2D eigenvalue weighted by molar-refractivity contribution is -0.121. The number of hydrogen-bond donors (Lipinski definition) is 1. The van der Waals surface area contributed by atoms with Gasteiger partial charge in [0.25, 0.3) is 0 Å². The van der Waals surface area contributed by atoms with E-state index in [0.717, 1.165) is 23.5 Å². The number of nitrogens with one attached hydrogen (secondary N) is 1. The molecular weight excluding hydrogens is 300 g/mol. The van der Waals surface area contributed by atoms with Crippen LogP contribution in [0.25, 0.3) is 0 Å². The van der Waals surface area contributed by atoms with Crippen molar-refractivity contribution in [2.45, 2.75) is 6.42 Å². The Morgan fingerprint density at radius 1 is 1.43 bits per heavy atom. The topological polar surface area (TPSA) is 77.1 Å². The van der Waals surface area contributed by atoms with Crippen molar-refractivity contribution < 1.29 is 23.8 Å². The van der Waals surface area contributed by atoms with Crippen LogP contribution in [0, 0.1) is 5.92 Å². The molecule has 23 heavy (non-hydrogen) atoms. The fourth-order valence-electron chi connectivity index (χ4n) is 2.81. The predicted octanol–water partition coefficient (Wildman–Crippen LogP) is 0.815. The number of cyclic esters (lactones) is 1. The van der Waals surface area contributed by atoms with E-state index < -0.39 is 6.09 Å². The molecule has 1 atom stereocenters. The Hall–Kier alpha value is -2.44. The van der Waals surface area contributed by atoms with E-state index in [4.69, 9.17) is 14.2 Å². The molecule has 1 aromatic carbocycles. The number of hydrogen-bond acceptors (Lipinski definition) is 5. The number of amides is 2. The lowest BCUT2D eigenvalue weighted by Gasteiger charge is -2.26. The first-order valence-corrected chi connectivity index (χ1v) is 7.64. The minimum Gasteiger partial charge on any atom is -0.493 e. The van der Waals surface area contributed by atoms with Gasteiger partial charge >= 0.3 is 6.09 Å². The molecule has 1 N–H and O–H groups in total. The Kier molecular flexibility index (Phi) is 4.55. The number of para-hydroxylation sites is 1. The van der Waals surface area contributed by atoms with Crippen LogP contribution in [-0.4, -0.2) is 56.9 Å². The van der Waals surface area contributed by atoms with Gasteiger partial charge in [0.2, 0.25) is 5.91 Å². The molecule has 124 valence electrons. The van der Waals surface area contributed by atoms with Crippen LogP contribution in [0.5, 0.6) is 11.5 Å². The van der Waals surface area contributed by atoms with Crippen LogP contribution in [0.1, 0.15) is 5.56 Å². The first-order chi connectivity index (χ1) is 11.2. The number of carbonyl (C=O) groups is 2. The monoisotopic (exact) mass is 320 g/mol. The maximum atomic E-state index is 11.9. The summed E-state index contributed by atoms with van der Waals surface area (Å²) in [6.07, 6.45) is 0.389. The molecule has 7 heteroatoms. The van der Waals surface area contributed by atoms with Gasteiger partial charge in [0, 0.05) is 12.5 Å². The van der Waals surface area contributed by atoms with Crippen LogP contribution < -0.4 is 14.8 Å². The second-order valence-electron chi connectivity index (χ2n) is 5.67. The Bertz CT molecular complexity index is 604. The van der Waals surface area contributed by atoms with Crippen molar-refractivity contribution in [3.63, 3.8) is 0 Å². The number of ether oxygens (including phenoxy) is 3. The molecule has 1 saturated heterocycles. The van der Waals surface area contributed by atoms with Crippen LogP contribution in [0.3, 0.4) is 0 Å². The van der Waals surface area contributed by atoms with E-state index in [1.807, 2.05) is 18.2 Å². The lowest BCUT2D eigenvalue weighted by Crippen LogP contribution is -2.41. The average molecular weight is 320 g/mol. The molecule has 2 amide bonds. The molecule has 0 saturated carbocycles. The number of methoxy groups -OCH3 is 1. The number of nitrogens with zero attached hydrogens (tertiary/aromatic N) is 1. The quantitative estimate of drug-likeness (QED) is 0.869. The van der Waals surface area contributed by atoms with Gasteiger partial charge in [-0.15, -0.1) is 0 Å². The lowest BCUT2D eigenvalue weighted by atomic mass is 9.96. The summed E-state index contributed by atoms with van der Waals surface area (Å²) in [6, 6.07) is 5.81. The van der Waals surface area contributed by atoms with E-state index in [0.29, 0.717) is 26.3 Å². The standard InChI is InChI=1S/C16H20N2O5/c1-21-13-4-2-3-12-7-11(10-23-15(12)13)8-17-14(19)9-18-5-6-22-16(18)20/h2-4,11H,5-10H2,1H3,(H,17,19)/t11-/m1/s1. The zero-order chi connectivity index (χ0) is 16.2. The third-order valence-electron chi connectivity index (χ3n) is 4.02. The van der Waals surface area contributed by atoms with E-state index in [2.05, 4.69) is 5.32 Å². The summed E-state index contributed by atoms with van der Waals surface area (Å²) in [6.45, 7) is 1.89. The van der Waals surface area contributed by atoms with E-state index in [1.54, 1.807) is 7.11 Å². The van der Waals surface area contributed by atoms with Crippen molar-refractivity contribution in [2.75, 3.05) is 40.0 Å². The largest absolute Gasteiger partial charge is 0.493 e. The molecule has 0 bridgehead atoms. The van der Waals surface area contributed by atoms with Gasteiger partial charge in [-0.1, -0.05) is 12.1 Å². The van der Waals surface area contributed by atoms with Gasteiger partial charge in [0.05, 0.1) is 20.3 Å². The minimum absolute atomic E-state index is 0.0385. The molecule has 0 aliphatic carbocycles. The molecule has 1 aromatic rings. The van der Waals surface area contributed by atoms with Crippen molar-refractivity contribution in [3.8, 4) is 11.5 Å². The van der Waals surface area contributed by atoms with E-state index >= 15 is 0 Å². The predicted molar refractivity (Wildman–Crippen MR) is 81.6 cm³/mol. The van der Waals surface area contributed by atoms with Gasteiger partial charge < -0.3 is 19.5 Å². The smallest absolute Gasteiger partial charge is 0.410 e. The van der Waals surface area contributed by atoms with Gasteiger partial charge in [-0.2, -0.15) is 0 Å². The summed E-state index contributed by atoms with van der Waals surface area (Å²) in [5.41, 5.74) is 1.08.